The zero-order chi connectivity index (χ0) is 21.0. The maximum absolute atomic E-state index is 13.0. The Labute approximate surface area is 175 Å². The third kappa shape index (κ3) is 3.84. The predicted octanol–water partition coefficient (Wildman–Crippen LogP) is -0.251. The molecule has 0 radical (unpaired) electrons. The second-order valence-corrected chi connectivity index (χ2v) is 11.3. The van der Waals surface area contributed by atoms with Gasteiger partial charge in [-0.2, -0.15) is 0 Å². The fourth-order valence-electron chi connectivity index (χ4n) is 6.50. The lowest BCUT2D eigenvalue weighted by Gasteiger charge is -2.59. The largest absolute Gasteiger partial charge is 0.466 e. The summed E-state index contributed by atoms with van der Waals surface area (Å²) in [5, 5.41) is 40.3. The van der Waals surface area contributed by atoms with Gasteiger partial charge in [0.1, 0.15) is 18.3 Å². The first-order valence-corrected chi connectivity index (χ1v) is 11.4. The minimum absolute atomic E-state index is 0.0360. The van der Waals surface area contributed by atoms with Crippen LogP contribution in [0, 0.1) is 17.8 Å². The Bertz CT molecular complexity index is 599. The summed E-state index contributed by atoms with van der Waals surface area (Å²) in [6.07, 6.45) is 1.42. The molecule has 166 valence electrons. The molecule has 0 unspecified atom stereocenters. The van der Waals surface area contributed by atoms with Gasteiger partial charge in [0.25, 0.3) is 0 Å². The lowest BCUT2D eigenvalue weighted by Crippen LogP contribution is -2.66. The molecule has 5 aliphatic rings. The molecule has 0 aromatic rings. The third-order valence-electron chi connectivity index (χ3n) is 7.41. The van der Waals surface area contributed by atoms with Gasteiger partial charge in [-0.05, 0) is 56.3 Å². The number of carbonyl (C=O) groups is 1. The number of hydrogen-bond donors (Lipinski definition) is 5. The molecule has 1 aliphatic heterocycles. The molecule has 0 amide bonds. The SMILES string of the molecule is COC(=O)[C@]1(SC23CC4CC(CC(C4)C2)C3)C[C@H](O)[C@@H](N)[C@H]([C@H](O)[C@H](O)CO)O1. The number of methoxy groups -OCH3 is 1. The van der Waals surface area contributed by atoms with Crippen LogP contribution in [0.1, 0.15) is 44.9 Å². The van der Waals surface area contributed by atoms with Crippen LogP contribution in [0.4, 0.5) is 0 Å². The summed E-state index contributed by atoms with van der Waals surface area (Å²) in [6, 6.07) is -0.999. The zero-order valence-electron chi connectivity index (χ0n) is 16.8. The number of ether oxygens (including phenoxy) is 2. The van der Waals surface area contributed by atoms with Crippen molar-refractivity contribution in [2.45, 2.75) is 85.1 Å². The van der Waals surface area contributed by atoms with Crippen LogP contribution >= 0.6 is 11.8 Å². The lowest BCUT2D eigenvalue weighted by molar-refractivity contribution is -0.203. The Hall–Kier alpha value is -0.420. The van der Waals surface area contributed by atoms with Crippen LogP contribution < -0.4 is 5.73 Å². The second kappa shape index (κ2) is 7.93. The molecule has 5 fully saturated rings. The van der Waals surface area contributed by atoms with Crippen molar-refractivity contribution < 1.29 is 34.7 Å². The maximum Gasteiger partial charge on any atom is 0.348 e. The molecule has 29 heavy (non-hydrogen) atoms. The molecule has 5 rings (SSSR count). The maximum atomic E-state index is 13.0. The molecule has 8 nitrogen and oxygen atoms in total. The lowest BCUT2D eigenvalue weighted by atomic mass is 9.56. The first kappa shape index (κ1) is 21.8. The van der Waals surface area contributed by atoms with Crippen LogP contribution in [-0.4, -0.2) is 80.2 Å². The molecule has 0 aromatic carbocycles. The molecule has 0 spiro atoms. The van der Waals surface area contributed by atoms with Gasteiger partial charge >= 0.3 is 5.97 Å². The molecule has 6 atom stereocenters. The quantitative estimate of drug-likeness (QED) is 0.360. The molecular formula is C20H33NO7S. The highest BCUT2D eigenvalue weighted by Crippen LogP contribution is 2.63. The number of nitrogens with two attached hydrogens (primary N) is 1. The van der Waals surface area contributed by atoms with E-state index in [-0.39, 0.29) is 11.2 Å². The van der Waals surface area contributed by atoms with Crippen LogP contribution in [0.2, 0.25) is 0 Å². The number of carbonyl (C=O) groups excluding carboxylic acids is 1. The van der Waals surface area contributed by atoms with Gasteiger partial charge in [0.15, 0.2) is 0 Å². The molecule has 0 aromatic heterocycles. The van der Waals surface area contributed by atoms with E-state index in [1.165, 1.54) is 38.1 Å². The van der Waals surface area contributed by atoms with E-state index in [2.05, 4.69) is 0 Å². The van der Waals surface area contributed by atoms with Crippen molar-refractivity contribution >= 4 is 17.7 Å². The Morgan fingerprint density at radius 2 is 1.72 bits per heavy atom. The summed E-state index contributed by atoms with van der Waals surface area (Å²) in [4.78, 5) is 11.5. The van der Waals surface area contributed by atoms with Gasteiger partial charge in [0.05, 0.1) is 25.9 Å². The molecule has 9 heteroatoms. The standard InChI is InChI=1S/C20H33NO7S/c1-27-18(26)20(8-13(23)15(21)17(28-20)16(25)14(24)9-22)29-19-5-10-2-11(6-19)4-12(3-10)7-19/h10-17,22-25H,2-9,21H2,1H3/t10?,11?,12?,13-,14+,15+,16+,17+,19?,20+/m0/s1. The normalized spacial score (nSPS) is 48.3. The number of aliphatic hydroxyl groups is 4. The average molecular weight is 432 g/mol. The molecule has 1 heterocycles. The summed E-state index contributed by atoms with van der Waals surface area (Å²) in [7, 11) is 1.28. The molecule has 4 bridgehead atoms. The fraction of sp³-hybridized carbons (Fsp3) is 0.950. The molecular weight excluding hydrogens is 398 g/mol. The first-order chi connectivity index (χ1) is 13.7. The minimum Gasteiger partial charge on any atom is -0.466 e. The molecule has 4 saturated carbocycles. The van der Waals surface area contributed by atoms with Gasteiger partial charge in [0, 0.05) is 11.2 Å². The highest BCUT2D eigenvalue weighted by atomic mass is 32.2. The minimum atomic E-state index is -1.54. The van der Waals surface area contributed by atoms with Crippen LogP contribution in [-0.2, 0) is 14.3 Å². The van der Waals surface area contributed by atoms with E-state index < -0.39 is 48.0 Å². The Morgan fingerprint density at radius 1 is 1.17 bits per heavy atom. The predicted molar refractivity (Wildman–Crippen MR) is 106 cm³/mol. The van der Waals surface area contributed by atoms with Gasteiger partial charge in [-0.3, -0.25) is 0 Å². The number of hydrogen-bond acceptors (Lipinski definition) is 9. The summed E-state index contributed by atoms with van der Waals surface area (Å²) >= 11 is 1.44. The molecule has 4 aliphatic carbocycles. The average Bonchev–Trinajstić information content (AvgIpc) is 2.67. The zero-order valence-corrected chi connectivity index (χ0v) is 17.6. The van der Waals surface area contributed by atoms with Crippen LogP contribution in [0.25, 0.3) is 0 Å². The topological polar surface area (TPSA) is 142 Å². The summed E-state index contributed by atoms with van der Waals surface area (Å²) in [5.74, 6) is 1.38. The monoisotopic (exact) mass is 431 g/mol. The number of thioether (sulfide) groups is 1. The van der Waals surface area contributed by atoms with E-state index in [1.54, 1.807) is 0 Å². The van der Waals surface area contributed by atoms with Gasteiger partial charge < -0.3 is 35.6 Å². The van der Waals surface area contributed by atoms with Crippen molar-refractivity contribution in [1.29, 1.82) is 0 Å². The van der Waals surface area contributed by atoms with Gasteiger partial charge in [0.2, 0.25) is 4.93 Å². The van der Waals surface area contributed by atoms with Crippen molar-refractivity contribution in [1.82, 2.24) is 0 Å². The second-order valence-electron chi connectivity index (χ2n) is 9.62. The third-order valence-corrected chi connectivity index (χ3v) is 9.10. The molecule has 6 N–H and O–H groups in total. The van der Waals surface area contributed by atoms with Gasteiger partial charge in [-0.25, -0.2) is 4.79 Å². The highest BCUT2D eigenvalue weighted by molar-refractivity contribution is 8.02. The fourth-order valence-corrected chi connectivity index (χ4v) is 8.74. The summed E-state index contributed by atoms with van der Waals surface area (Å²) in [6.45, 7) is -0.683. The Balaban J connectivity index is 1.63. The van der Waals surface area contributed by atoms with Crippen molar-refractivity contribution in [3.8, 4) is 0 Å². The van der Waals surface area contributed by atoms with Crippen molar-refractivity contribution in [3.05, 3.63) is 0 Å². The van der Waals surface area contributed by atoms with Crippen molar-refractivity contribution in [2.75, 3.05) is 13.7 Å². The van der Waals surface area contributed by atoms with Crippen LogP contribution in [0.5, 0.6) is 0 Å². The van der Waals surface area contributed by atoms with E-state index in [0.29, 0.717) is 17.8 Å². The first-order valence-electron chi connectivity index (χ1n) is 10.6. The summed E-state index contributed by atoms with van der Waals surface area (Å²) < 4.78 is 11.1. The van der Waals surface area contributed by atoms with Crippen molar-refractivity contribution in [3.63, 3.8) is 0 Å². The Morgan fingerprint density at radius 3 is 2.21 bits per heavy atom. The summed E-state index contributed by atoms with van der Waals surface area (Å²) in [5.41, 5.74) is 6.05. The van der Waals surface area contributed by atoms with E-state index in [0.717, 1.165) is 19.3 Å². The molecule has 1 saturated heterocycles. The van der Waals surface area contributed by atoms with Crippen molar-refractivity contribution in [2.24, 2.45) is 23.5 Å². The highest BCUT2D eigenvalue weighted by Gasteiger charge is 2.60. The smallest absolute Gasteiger partial charge is 0.348 e. The van der Waals surface area contributed by atoms with E-state index in [4.69, 9.17) is 15.2 Å². The van der Waals surface area contributed by atoms with Gasteiger partial charge in [-0.1, -0.05) is 0 Å². The van der Waals surface area contributed by atoms with E-state index in [9.17, 15) is 25.2 Å². The van der Waals surface area contributed by atoms with Gasteiger partial charge in [-0.15, -0.1) is 11.8 Å². The van der Waals surface area contributed by atoms with Crippen LogP contribution in [0.15, 0.2) is 0 Å². The number of rotatable bonds is 6. The van der Waals surface area contributed by atoms with E-state index >= 15 is 0 Å². The number of aliphatic hydroxyl groups excluding tert-OH is 4. The Kier molecular flexibility index (Phi) is 5.96. The van der Waals surface area contributed by atoms with E-state index in [1.807, 2.05) is 0 Å². The van der Waals surface area contributed by atoms with Crippen LogP contribution in [0.3, 0.4) is 0 Å². The number of esters is 1.